The maximum Gasteiger partial charge on any atom is 0.344 e. The zero-order chi connectivity index (χ0) is 27.6. The first-order chi connectivity index (χ1) is 18.1. The van der Waals surface area contributed by atoms with Crippen molar-refractivity contribution in [3.05, 3.63) is 109 Å². The fourth-order valence-electron chi connectivity index (χ4n) is 4.04. The molecule has 2 heterocycles. The summed E-state index contributed by atoms with van der Waals surface area (Å²) in [5, 5.41) is 22.1. The number of amides is 1. The van der Waals surface area contributed by atoms with Crippen molar-refractivity contribution in [1.82, 2.24) is 4.57 Å². The molecule has 0 fully saturated rings. The number of aliphatic hydroxyl groups is 1. The zero-order valence-electron chi connectivity index (χ0n) is 21.2. The Balaban J connectivity index is 1.73. The van der Waals surface area contributed by atoms with Gasteiger partial charge in [-0.25, -0.2) is 9.79 Å². The minimum Gasteiger partial charge on any atom is -0.506 e. The molecule has 0 unspecified atom stereocenters. The van der Waals surface area contributed by atoms with Crippen LogP contribution >= 0.6 is 11.8 Å². The van der Waals surface area contributed by atoms with Gasteiger partial charge in [0.25, 0.3) is 11.6 Å². The molecule has 1 aromatic heterocycles. The van der Waals surface area contributed by atoms with Crippen LogP contribution in [0.25, 0.3) is 11.8 Å². The molecule has 0 saturated carbocycles. The SMILES string of the molecule is CCOC(=O)C1=C(O)/C(=C/c2cc(C)n(-c3ccc([N+](=O)[O-])cc3)c2C)SC1=NC(=O)c1ccc(C)cc1. The predicted octanol–water partition coefficient (Wildman–Crippen LogP) is 6.01. The Morgan fingerprint density at radius 2 is 1.76 bits per heavy atom. The number of aliphatic imine (C=N–C) groups is 1. The van der Waals surface area contributed by atoms with Crippen LogP contribution in [0, 0.1) is 30.9 Å². The lowest BCUT2D eigenvalue weighted by molar-refractivity contribution is -0.384. The number of ether oxygens (including phenoxy) is 1. The number of carbonyl (C=O) groups is 2. The van der Waals surface area contributed by atoms with Crippen molar-refractivity contribution in [3.63, 3.8) is 0 Å². The predicted molar refractivity (Wildman–Crippen MR) is 147 cm³/mol. The third kappa shape index (κ3) is 5.30. The van der Waals surface area contributed by atoms with E-state index in [1.807, 2.05) is 31.4 Å². The number of aliphatic hydroxyl groups excluding tert-OH is 1. The van der Waals surface area contributed by atoms with Crippen LogP contribution in [-0.2, 0) is 9.53 Å². The quantitative estimate of drug-likeness (QED) is 0.235. The number of hydrogen-bond acceptors (Lipinski definition) is 7. The van der Waals surface area contributed by atoms with Gasteiger partial charge in [-0.1, -0.05) is 29.5 Å². The normalized spacial score (nSPS) is 15.4. The standard InChI is InChI=1S/C28H25N3O6S/c1-5-37-28(34)24-25(32)23(38-27(24)29-26(33)19-8-6-16(2)7-9-19)15-20-14-17(3)30(18(20)4)21-10-12-22(13-11-21)31(35)36/h6-15,32H,5H2,1-4H3/b23-15-,29-27?. The number of rotatable bonds is 6. The van der Waals surface area contributed by atoms with E-state index < -0.39 is 16.8 Å². The molecule has 194 valence electrons. The molecule has 1 aliphatic heterocycles. The van der Waals surface area contributed by atoms with Crippen LogP contribution in [0.5, 0.6) is 0 Å². The molecule has 3 aromatic rings. The lowest BCUT2D eigenvalue weighted by atomic mass is 10.1. The van der Waals surface area contributed by atoms with Gasteiger partial charge >= 0.3 is 5.97 Å². The molecule has 0 spiro atoms. The van der Waals surface area contributed by atoms with E-state index in [2.05, 4.69) is 4.99 Å². The number of esters is 1. The lowest BCUT2D eigenvalue weighted by Gasteiger charge is -2.09. The van der Waals surface area contributed by atoms with Crippen LogP contribution in [-0.4, -0.2) is 38.1 Å². The number of nitro benzene ring substituents is 1. The number of thioether (sulfide) groups is 1. The Morgan fingerprint density at radius 1 is 1.11 bits per heavy atom. The van der Waals surface area contributed by atoms with Gasteiger partial charge in [0, 0.05) is 34.8 Å². The summed E-state index contributed by atoms with van der Waals surface area (Å²) < 4.78 is 7.05. The van der Waals surface area contributed by atoms with Crippen LogP contribution in [0.4, 0.5) is 5.69 Å². The van der Waals surface area contributed by atoms with Gasteiger partial charge in [0.15, 0.2) is 0 Å². The van der Waals surface area contributed by atoms with Crippen LogP contribution in [0.1, 0.15) is 39.8 Å². The van der Waals surface area contributed by atoms with Crippen LogP contribution in [0.15, 0.2) is 75.8 Å². The molecule has 2 aromatic carbocycles. The van der Waals surface area contributed by atoms with Crippen molar-refractivity contribution in [1.29, 1.82) is 0 Å². The fourth-order valence-corrected chi connectivity index (χ4v) is 5.04. The van der Waals surface area contributed by atoms with Crippen molar-refractivity contribution >= 4 is 40.4 Å². The highest BCUT2D eigenvalue weighted by Gasteiger charge is 2.34. The molecule has 0 radical (unpaired) electrons. The molecule has 4 rings (SSSR count). The van der Waals surface area contributed by atoms with E-state index >= 15 is 0 Å². The highest BCUT2D eigenvalue weighted by atomic mass is 32.2. The molecule has 0 atom stereocenters. The summed E-state index contributed by atoms with van der Waals surface area (Å²) in [7, 11) is 0. The summed E-state index contributed by atoms with van der Waals surface area (Å²) in [5.74, 6) is -1.63. The Kier molecular flexibility index (Phi) is 7.63. The Labute approximate surface area is 223 Å². The van der Waals surface area contributed by atoms with Crippen molar-refractivity contribution in [2.45, 2.75) is 27.7 Å². The van der Waals surface area contributed by atoms with Gasteiger partial charge in [0.05, 0.1) is 16.4 Å². The van der Waals surface area contributed by atoms with Gasteiger partial charge in [-0.15, -0.1) is 0 Å². The van der Waals surface area contributed by atoms with Crippen LogP contribution in [0.3, 0.4) is 0 Å². The highest BCUT2D eigenvalue weighted by Crippen LogP contribution is 2.40. The number of non-ortho nitro benzene ring substituents is 1. The minimum atomic E-state index is -0.771. The minimum absolute atomic E-state index is 0.00513. The first-order valence-corrected chi connectivity index (χ1v) is 12.6. The second-order valence-electron chi connectivity index (χ2n) is 8.58. The van der Waals surface area contributed by atoms with E-state index in [1.165, 1.54) is 12.1 Å². The molecule has 10 heteroatoms. The third-order valence-corrected chi connectivity index (χ3v) is 6.97. The van der Waals surface area contributed by atoms with Crippen molar-refractivity contribution in [2.24, 2.45) is 4.99 Å². The van der Waals surface area contributed by atoms with Gasteiger partial charge in [-0.3, -0.25) is 14.9 Å². The molecule has 9 nitrogen and oxygen atoms in total. The summed E-state index contributed by atoms with van der Waals surface area (Å²) in [6.45, 7) is 7.42. The van der Waals surface area contributed by atoms with Gasteiger partial charge in [-0.2, -0.15) is 0 Å². The summed E-state index contributed by atoms with van der Waals surface area (Å²) in [4.78, 5) is 40.5. The average molecular weight is 532 g/mol. The Bertz CT molecular complexity index is 1530. The van der Waals surface area contributed by atoms with E-state index in [0.717, 1.165) is 40.0 Å². The molecule has 1 aliphatic rings. The molecular formula is C28H25N3O6S. The molecule has 1 N–H and O–H groups in total. The fraction of sp³-hybridized carbons (Fsp3) is 0.179. The molecule has 38 heavy (non-hydrogen) atoms. The average Bonchev–Trinajstić information content (AvgIpc) is 3.33. The molecule has 0 aliphatic carbocycles. The van der Waals surface area contributed by atoms with E-state index in [9.17, 15) is 24.8 Å². The van der Waals surface area contributed by atoms with E-state index in [4.69, 9.17) is 4.74 Å². The third-order valence-electron chi connectivity index (χ3n) is 5.95. The van der Waals surface area contributed by atoms with Gasteiger partial charge in [0.1, 0.15) is 16.4 Å². The number of benzene rings is 2. The van der Waals surface area contributed by atoms with E-state index in [1.54, 1.807) is 49.4 Å². The molecule has 1 amide bonds. The number of aromatic nitrogens is 1. The first-order valence-electron chi connectivity index (χ1n) is 11.7. The Morgan fingerprint density at radius 3 is 2.37 bits per heavy atom. The lowest BCUT2D eigenvalue weighted by Crippen LogP contribution is -2.14. The maximum atomic E-state index is 12.8. The highest BCUT2D eigenvalue weighted by molar-refractivity contribution is 8.18. The largest absolute Gasteiger partial charge is 0.506 e. The smallest absolute Gasteiger partial charge is 0.344 e. The second-order valence-corrected chi connectivity index (χ2v) is 9.61. The number of carbonyl (C=O) groups excluding carboxylic acids is 2. The number of aryl methyl sites for hydroxylation is 2. The monoisotopic (exact) mass is 531 g/mol. The zero-order valence-corrected chi connectivity index (χ0v) is 22.0. The number of nitro groups is 1. The molecule has 0 saturated heterocycles. The molecule has 0 bridgehead atoms. The van der Waals surface area contributed by atoms with Crippen LogP contribution < -0.4 is 0 Å². The molecular weight excluding hydrogens is 506 g/mol. The first kappa shape index (κ1) is 26.6. The topological polar surface area (TPSA) is 124 Å². The number of nitrogens with zero attached hydrogens (tertiary/aromatic N) is 3. The van der Waals surface area contributed by atoms with Crippen molar-refractivity contribution in [3.8, 4) is 5.69 Å². The van der Waals surface area contributed by atoms with Gasteiger partial charge in [0.2, 0.25) is 0 Å². The second kappa shape index (κ2) is 10.9. The Hall–Kier alpha value is -4.44. The van der Waals surface area contributed by atoms with Gasteiger partial charge in [-0.05, 0) is 69.7 Å². The van der Waals surface area contributed by atoms with Crippen molar-refractivity contribution < 1.29 is 24.4 Å². The van der Waals surface area contributed by atoms with E-state index in [-0.39, 0.29) is 28.7 Å². The summed E-state index contributed by atoms with van der Waals surface area (Å²) in [5.41, 5.74) is 4.36. The summed E-state index contributed by atoms with van der Waals surface area (Å²) >= 11 is 1.01. The van der Waals surface area contributed by atoms with Crippen LogP contribution in [0.2, 0.25) is 0 Å². The van der Waals surface area contributed by atoms with Crippen molar-refractivity contribution in [2.75, 3.05) is 6.61 Å². The summed E-state index contributed by atoms with van der Waals surface area (Å²) in [6, 6.07) is 15.0. The maximum absolute atomic E-state index is 12.8. The van der Waals surface area contributed by atoms with Gasteiger partial charge < -0.3 is 14.4 Å². The summed E-state index contributed by atoms with van der Waals surface area (Å²) in [6.07, 6.45) is 1.71. The van der Waals surface area contributed by atoms with E-state index in [0.29, 0.717) is 10.5 Å². The number of hydrogen-bond donors (Lipinski definition) is 1.